The Morgan fingerprint density at radius 3 is 2.52 bits per heavy atom. The highest BCUT2D eigenvalue weighted by Crippen LogP contribution is 2.15. The van der Waals surface area contributed by atoms with Gasteiger partial charge in [-0.25, -0.2) is 4.79 Å². The number of amides is 1. The van der Waals surface area contributed by atoms with E-state index in [4.69, 9.17) is 4.74 Å². The summed E-state index contributed by atoms with van der Waals surface area (Å²) in [5.41, 5.74) is 2.61. The molecular formula is C15H19N3O3. The van der Waals surface area contributed by atoms with Gasteiger partial charge in [0.2, 0.25) is 5.91 Å². The summed E-state index contributed by atoms with van der Waals surface area (Å²) >= 11 is 0. The molecule has 3 rings (SSSR count). The quantitative estimate of drug-likeness (QED) is 0.798. The van der Waals surface area contributed by atoms with Gasteiger partial charge in [-0.15, -0.1) is 0 Å². The molecule has 1 aromatic carbocycles. The Morgan fingerprint density at radius 1 is 1.14 bits per heavy atom. The molecule has 1 fully saturated rings. The van der Waals surface area contributed by atoms with Crippen LogP contribution >= 0.6 is 0 Å². The molecule has 0 atom stereocenters. The zero-order valence-electron chi connectivity index (χ0n) is 12.3. The first-order valence-electron chi connectivity index (χ1n) is 7.08. The number of imidazole rings is 1. The number of hydrogen-bond acceptors (Lipinski definition) is 3. The third-order valence-electron chi connectivity index (χ3n) is 4.06. The zero-order chi connectivity index (χ0) is 15.0. The molecule has 6 heteroatoms. The lowest BCUT2D eigenvalue weighted by Gasteiger charge is -2.26. The van der Waals surface area contributed by atoms with Gasteiger partial charge in [-0.3, -0.25) is 13.9 Å². The molecular weight excluding hydrogens is 270 g/mol. The van der Waals surface area contributed by atoms with Crippen LogP contribution in [0.4, 0.5) is 0 Å². The number of fused-ring (bicyclic) bond motifs is 1. The van der Waals surface area contributed by atoms with E-state index < -0.39 is 0 Å². The third-order valence-corrected chi connectivity index (χ3v) is 4.06. The summed E-state index contributed by atoms with van der Waals surface area (Å²) in [5, 5.41) is 0. The lowest BCUT2D eigenvalue weighted by molar-refractivity contribution is -0.134. The molecule has 112 valence electrons. The van der Waals surface area contributed by atoms with Gasteiger partial charge in [-0.05, 0) is 17.7 Å². The van der Waals surface area contributed by atoms with E-state index in [2.05, 4.69) is 0 Å². The normalized spacial score (nSPS) is 15.6. The number of hydrogen-bond donors (Lipinski definition) is 0. The second-order valence-electron chi connectivity index (χ2n) is 5.39. The molecule has 0 radical (unpaired) electrons. The second-order valence-corrected chi connectivity index (χ2v) is 5.39. The van der Waals surface area contributed by atoms with Gasteiger partial charge in [0, 0.05) is 27.2 Å². The number of rotatable bonds is 2. The molecule has 21 heavy (non-hydrogen) atoms. The smallest absolute Gasteiger partial charge is 0.328 e. The van der Waals surface area contributed by atoms with Crippen molar-refractivity contribution in [2.75, 3.05) is 26.3 Å². The van der Waals surface area contributed by atoms with Crippen LogP contribution in [-0.2, 0) is 30.0 Å². The highest BCUT2D eigenvalue weighted by Gasteiger charge is 2.17. The van der Waals surface area contributed by atoms with Crippen molar-refractivity contribution < 1.29 is 9.53 Å². The Hall–Kier alpha value is -2.08. The first-order chi connectivity index (χ1) is 10.1. The van der Waals surface area contributed by atoms with Gasteiger partial charge in [-0.2, -0.15) is 0 Å². The van der Waals surface area contributed by atoms with Crippen molar-refractivity contribution in [1.82, 2.24) is 14.0 Å². The topological polar surface area (TPSA) is 56.5 Å². The van der Waals surface area contributed by atoms with Crippen molar-refractivity contribution in [3.63, 3.8) is 0 Å². The van der Waals surface area contributed by atoms with Gasteiger partial charge in [0.05, 0.1) is 30.7 Å². The summed E-state index contributed by atoms with van der Waals surface area (Å²) in [4.78, 5) is 26.0. The van der Waals surface area contributed by atoms with Crippen LogP contribution in [-0.4, -0.2) is 46.2 Å². The minimum atomic E-state index is -0.0540. The minimum Gasteiger partial charge on any atom is -0.378 e. The molecule has 0 unspecified atom stereocenters. The molecule has 1 aliphatic rings. The summed E-state index contributed by atoms with van der Waals surface area (Å²) in [7, 11) is 3.50. The van der Waals surface area contributed by atoms with Gasteiger partial charge in [0.1, 0.15) is 0 Å². The summed E-state index contributed by atoms with van der Waals surface area (Å²) < 4.78 is 8.48. The Labute approximate surface area is 122 Å². The van der Waals surface area contributed by atoms with Crippen LogP contribution in [0.2, 0.25) is 0 Å². The van der Waals surface area contributed by atoms with E-state index in [1.807, 2.05) is 23.1 Å². The maximum atomic E-state index is 12.3. The molecule has 0 N–H and O–H groups in total. The summed E-state index contributed by atoms with van der Waals surface area (Å²) in [5.74, 6) is 0.110. The van der Waals surface area contributed by atoms with Crippen LogP contribution in [0.1, 0.15) is 5.56 Å². The van der Waals surface area contributed by atoms with Crippen molar-refractivity contribution >= 4 is 16.9 Å². The maximum Gasteiger partial charge on any atom is 0.328 e. The van der Waals surface area contributed by atoms with E-state index in [1.165, 1.54) is 0 Å². The van der Waals surface area contributed by atoms with Crippen LogP contribution in [0.25, 0.3) is 11.0 Å². The monoisotopic (exact) mass is 289 g/mol. The molecule has 2 heterocycles. The Morgan fingerprint density at radius 2 is 1.81 bits per heavy atom. The van der Waals surface area contributed by atoms with Gasteiger partial charge < -0.3 is 9.64 Å². The van der Waals surface area contributed by atoms with Gasteiger partial charge in [0.15, 0.2) is 0 Å². The van der Waals surface area contributed by atoms with Gasteiger partial charge in [0.25, 0.3) is 0 Å². The fraction of sp³-hybridized carbons (Fsp3) is 0.467. The first kappa shape index (κ1) is 13.9. The molecule has 0 bridgehead atoms. The maximum absolute atomic E-state index is 12.3. The summed E-state index contributed by atoms with van der Waals surface area (Å²) in [6.07, 6.45) is 0.360. The lowest BCUT2D eigenvalue weighted by atomic mass is 10.1. The number of carbonyl (C=O) groups is 1. The van der Waals surface area contributed by atoms with E-state index in [0.717, 1.165) is 16.6 Å². The standard InChI is InChI=1S/C15H19N3O3/c1-16-12-4-3-11(9-13(12)17(2)15(16)20)10-14(19)18-5-7-21-8-6-18/h3-4,9H,5-8,10H2,1-2H3. The van der Waals surface area contributed by atoms with E-state index in [0.29, 0.717) is 32.7 Å². The van der Waals surface area contributed by atoms with Crippen molar-refractivity contribution in [1.29, 1.82) is 0 Å². The van der Waals surface area contributed by atoms with Crippen LogP contribution < -0.4 is 5.69 Å². The van der Waals surface area contributed by atoms with E-state index in [-0.39, 0.29) is 11.6 Å². The fourth-order valence-corrected chi connectivity index (χ4v) is 2.76. The number of ether oxygens (including phenoxy) is 1. The summed E-state index contributed by atoms with van der Waals surface area (Å²) in [6, 6.07) is 5.74. The number of benzene rings is 1. The molecule has 1 aliphatic heterocycles. The predicted octanol–water partition coefficient (Wildman–Crippen LogP) is 0.278. The van der Waals surface area contributed by atoms with Crippen molar-refractivity contribution in [2.45, 2.75) is 6.42 Å². The van der Waals surface area contributed by atoms with Crippen LogP contribution in [0.15, 0.2) is 23.0 Å². The number of aromatic nitrogens is 2. The highest BCUT2D eigenvalue weighted by atomic mass is 16.5. The molecule has 0 saturated carbocycles. The Balaban J connectivity index is 1.86. The van der Waals surface area contributed by atoms with Crippen molar-refractivity contribution in [3.05, 3.63) is 34.2 Å². The van der Waals surface area contributed by atoms with Crippen LogP contribution in [0, 0.1) is 0 Å². The average molecular weight is 289 g/mol. The SMILES string of the molecule is Cn1c(=O)n(C)c2cc(CC(=O)N3CCOCC3)ccc21. The number of aryl methyl sites for hydroxylation is 2. The lowest BCUT2D eigenvalue weighted by Crippen LogP contribution is -2.41. The number of carbonyl (C=O) groups excluding carboxylic acids is 1. The molecule has 0 aliphatic carbocycles. The van der Waals surface area contributed by atoms with Crippen molar-refractivity contribution in [2.24, 2.45) is 14.1 Å². The fourth-order valence-electron chi connectivity index (χ4n) is 2.76. The van der Waals surface area contributed by atoms with E-state index in [9.17, 15) is 9.59 Å². The molecule has 0 spiro atoms. The third kappa shape index (κ3) is 2.47. The summed E-state index contributed by atoms with van der Waals surface area (Å²) in [6.45, 7) is 2.53. The van der Waals surface area contributed by atoms with E-state index >= 15 is 0 Å². The second kappa shape index (κ2) is 5.37. The largest absolute Gasteiger partial charge is 0.378 e. The Bertz CT molecular complexity index is 738. The molecule has 1 saturated heterocycles. The van der Waals surface area contributed by atoms with E-state index in [1.54, 1.807) is 23.2 Å². The number of morpholine rings is 1. The zero-order valence-corrected chi connectivity index (χ0v) is 12.3. The van der Waals surface area contributed by atoms with Crippen LogP contribution in [0.3, 0.4) is 0 Å². The number of nitrogens with zero attached hydrogens (tertiary/aromatic N) is 3. The minimum absolute atomic E-state index is 0.0540. The van der Waals surface area contributed by atoms with Crippen molar-refractivity contribution in [3.8, 4) is 0 Å². The molecule has 6 nitrogen and oxygen atoms in total. The highest BCUT2D eigenvalue weighted by molar-refractivity contribution is 5.82. The first-order valence-corrected chi connectivity index (χ1v) is 7.08. The average Bonchev–Trinajstić information content (AvgIpc) is 2.73. The molecule has 2 aromatic rings. The molecule has 1 aromatic heterocycles. The predicted molar refractivity (Wildman–Crippen MR) is 79.3 cm³/mol. The van der Waals surface area contributed by atoms with Gasteiger partial charge >= 0.3 is 5.69 Å². The Kier molecular flexibility index (Phi) is 3.55. The molecule has 1 amide bonds. The van der Waals surface area contributed by atoms with Crippen LogP contribution in [0.5, 0.6) is 0 Å². The van der Waals surface area contributed by atoms with Gasteiger partial charge in [-0.1, -0.05) is 6.07 Å².